The summed E-state index contributed by atoms with van der Waals surface area (Å²) in [6.45, 7) is 2.07. The molecule has 0 radical (unpaired) electrons. The Morgan fingerprint density at radius 2 is 2.00 bits per heavy atom. The molecule has 136 valence electrons. The van der Waals surface area contributed by atoms with Crippen LogP contribution in [-0.2, 0) is 6.42 Å². The maximum Gasteiger partial charge on any atom is 0.200 e. The average molecular weight is 377 g/mol. The van der Waals surface area contributed by atoms with E-state index in [1.807, 2.05) is 53.1 Å². The number of aromatic amines is 1. The highest BCUT2D eigenvalue weighted by Gasteiger charge is 2.16. The normalized spacial score (nSPS) is 11.0. The van der Waals surface area contributed by atoms with E-state index in [1.54, 1.807) is 13.2 Å². The Bertz CT molecular complexity index is 1190. The zero-order chi connectivity index (χ0) is 19.0. The molecule has 4 aromatic rings. The minimum atomic E-state index is 0.171. The second-order valence-corrected chi connectivity index (χ2v) is 6.64. The summed E-state index contributed by atoms with van der Waals surface area (Å²) in [5.41, 5.74) is 2.66. The van der Waals surface area contributed by atoms with Crippen LogP contribution in [0.25, 0.3) is 27.8 Å². The molecule has 6 heteroatoms. The van der Waals surface area contributed by atoms with Crippen molar-refractivity contribution in [1.29, 1.82) is 0 Å². The van der Waals surface area contributed by atoms with Crippen LogP contribution >= 0.6 is 12.2 Å². The Kier molecular flexibility index (Phi) is 4.41. The summed E-state index contributed by atoms with van der Waals surface area (Å²) in [6, 6.07) is 17.5. The van der Waals surface area contributed by atoms with Crippen LogP contribution in [0.2, 0.25) is 0 Å². The summed E-state index contributed by atoms with van der Waals surface area (Å²) in [5.74, 6) is 1.55. The Labute approximate surface area is 161 Å². The molecule has 27 heavy (non-hydrogen) atoms. The molecule has 1 aromatic heterocycles. The first-order chi connectivity index (χ1) is 13.1. The molecule has 0 fully saturated rings. The predicted molar refractivity (Wildman–Crippen MR) is 109 cm³/mol. The minimum absolute atomic E-state index is 0.171. The minimum Gasteiger partial charge on any atom is -0.507 e. The number of aromatic hydroxyl groups is 1. The van der Waals surface area contributed by atoms with Crippen LogP contribution in [0, 0.1) is 4.77 Å². The van der Waals surface area contributed by atoms with E-state index in [9.17, 15) is 5.11 Å². The summed E-state index contributed by atoms with van der Waals surface area (Å²) in [5, 5.41) is 19.7. The summed E-state index contributed by atoms with van der Waals surface area (Å²) < 4.78 is 7.66. The molecule has 0 atom stereocenters. The number of rotatable bonds is 4. The molecular formula is C21H19N3O2S. The molecule has 3 aromatic carbocycles. The second-order valence-electron chi connectivity index (χ2n) is 6.26. The van der Waals surface area contributed by atoms with E-state index in [0.717, 1.165) is 34.2 Å². The molecule has 0 aliphatic rings. The molecule has 5 nitrogen and oxygen atoms in total. The third-order valence-corrected chi connectivity index (χ3v) is 4.96. The number of H-pyrrole nitrogens is 1. The van der Waals surface area contributed by atoms with E-state index < -0.39 is 0 Å². The molecule has 2 N–H and O–H groups in total. The van der Waals surface area contributed by atoms with Gasteiger partial charge in [-0.05, 0) is 66.0 Å². The standard InChI is InChI=1S/C21H19N3O2S/c1-3-13-7-10-19(25)17(11-13)20-22-23-21(27)24(20)18-6-4-5-14-12-15(26-2)8-9-16(14)18/h4-12,25H,3H2,1-2H3,(H,23,27). The van der Waals surface area contributed by atoms with Gasteiger partial charge in [0.1, 0.15) is 11.5 Å². The molecule has 0 saturated heterocycles. The van der Waals surface area contributed by atoms with Gasteiger partial charge >= 0.3 is 0 Å². The number of aromatic nitrogens is 3. The number of hydrogen-bond donors (Lipinski definition) is 2. The Morgan fingerprint density at radius 1 is 1.15 bits per heavy atom. The van der Waals surface area contributed by atoms with Gasteiger partial charge in [-0.1, -0.05) is 25.1 Å². The van der Waals surface area contributed by atoms with Crippen molar-refractivity contribution in [2.75, 3.05) is 7.11 Å². The van der Waals surface area contributed by atoms with E-state index in [-0.39, 0.29) is 5.75 Å². The van der Waals surface area contributed by atoms with E-state index in [4.69, 9.17) is 17.0 Å². The number of hydrogen-bond acceptors (Lipinski definition) is 4. The molecular weight excluding hydrogens is 358 g/mol. The zero-order valence-electron chi connectivity index (χ0n) is 15.1. The van der Waals surface area contributed by atoms with Gasteiger partial charge in [0.2, 0.25) is 0 Å². The van der Waals surface area contributed by atoms with E-state index in [2.05, 4.69) is 17.1 Å². The fraction of sp³-hybridized carbons (Fsp3) is 0.143. The van der Waals surface area contributed by atoms with E-state index in [0.29, 0.717) is 16.2 Å². The van der Waals surface area contributed by atoms with Gasteiger partial charge < -0.3 is 9.84 Å². The number of fused-ring (bicyclic) bond motifs is 1. The van der Waals surface area contributed by atoms with Crippen LogP contribution in [0.4, 0.5) is 0 Å². The third kappa shape index (κ3) is 2.98. The quantitative estimate of drug-likeness (QED) is 0.490. The van der Waals surface area contributed by atoms with Gasteiger partial charge in [-0.15, -0.1) is 0 Å². The molecule has 0 unspecified atom stereocenters. The van der Waals surface area contributed by atoms with Crippen LogP contribution in [0.1, 0.15) is 12.5 Å². The van der Waals surface area contributed by atoms with Crippen molar-refractivity contribution in [3.8, 4) is 28.6 Å². The van der Waals surface area contributed by atoms with E-state index >= 15 is 0 Å². The van der Waals surface area contributed by atoms with E-state index in [1.165, 1.54) is 0 Å². The molecule has 0 bridgehead atoms. The lowest BCUT2D eigenvalue weighted by Gasteiger charge is -2.12. The lowest BCUT2D eigenvalue weighted by atomic mass is 10.1. The van der Waals surface area contributed by atoms with Crippen molar-refractivity contribution in [3.05, 3.63) is 64.9 Å². The third-order valence-electron chi connectivity index (χ3n) is 4.69. The first kappa shape index (κ1) is 17.3. The summed E-state index contributed by atoms with van der Waals surface area (Å²) in [6.07, 6.45) is 0.868. The zero-order valence-corrected chi connectivity index (χ0v) is 15.9. The molecule has 0 saturated carbocycles. The van der Waals surface area contributed by atoms with Gasteiger partial charge in [-0.25, -0.2) is 0 Å². The van der Waals surface area contributed by atoms with Crippen LogP contribution < -0.4 is 4.74 Å². The van der Waals surface area contributed by atoms with Crippen molar-refractivity contribution in [3.63, 3.8) is 0 Å². The summed E-state index contributed by atoms with van der Waals surface area (Å²) in [4.78, 5) is 0. The highest BCUT2D eigenvalue weighted by atomic mass is 32.1. The van der Waals surface area contributed by atoms with Crippen molar-refractivity contribution < 1.29 is 9.84 Å². The highest BCUT2D eigenvalue weighted by Crippen LogP contribution is 2.33. The van der Waals surface area contributed by atoms with Crippen LogP contribution in [0.3, 0.4) is 0 Å². The number of phenols is 1. The molecule has 0 aliphatic carbocycles. The van der Waals surface area contributed by atoms with Crippen molar-refractivity contribution in [2.45, 2.75) is 13.3 Å². The Morgan fingerprint density at radius 3 is 2.78 bits per heavy atom. The fourth-order valence-electron chi connectivity index (χ4n) is 3.25. The number of methoxy groups -OCH3 is 1. The summed E-state index contributed by atoms with van der Waals surface area (Å²) in [7, 11) is 1.65. The van der Waals surface area contributed by atoms with Gasteiger partial charge in [-0.3, -0.25) is 9.67 Å². The number of nitrogens with one attached hydrogen (secondary N) is 1. The number of aryl methyl sites for hydroxylation is 1. The largest absolute Gasteiger partial charge is 0.507 e. The molecule has 1 heterocycles. The molecule has 4 rings (SSSR count). The molecule has 0 aliphatic heterocycles. The van der Waals surface area contributed by atoms with Gasteiger partial charge in [0.15, 0.2) is 10.6 Å². The van der Waals surface area contributed by atoms with Gasteiger partial charge in [0.05, 0.1) is 18.4 Å². The van der Waals surface area contributed by atoms with Crippen LogP contribution in [0.15, 0.2) is 54.6 Å². The van der Waals surface area contributed by atoms with Gasteiger partial charge in [-0.2, -0.15) is 5.10 Å². The van der Waals surface area contributed by atoms with Crippen molar-refractivity contribution in [1.82, 2.24) is 14.8 Å². The lowest BCUT2D eigenvalue weighted by molar-refractivity contribution is 0.415. The monoisotopic (exact) mass is 377 g/mol. The van der Waals surface area contributed by atoms with Gasteiger partial charge in [0, 0.05) is 5.39 Å². The smallest absolute Gasteiger partial charge is 0.200 e. The SMILES string of the molecule is CCc1ccc(O)c(-c2n[nH]c(=S)n2-c2cccc3cc(OC)ccc23)c1. The topological polar surface area (TPSA) is 63.1 Å². The number of phenolic OH excluding ortho intramolecular Hbond substituents is 1. The summed E-state index contributed by atoms with van der Waals surface area (Å²) >= 11 is 5.51. The highest BCUT2D eigenvalue weighted by molar-refractivity contribution is 7.71. The van der Waals surface area contributed by atoms with Crippen molar-refractivity contribution in [2.24, 2.45) is 0 Å². The Hall–Kier alpha value is -3.12. The fourth-order valence-corrected chi connectivity index (χ4v) is 3.48. The first-order valence-electron chi connectivity index (χ1n) is 8.69. The Balaban J connectivity index is 1.99. The second kappa shape index (κ2) is 6.89. The van der Waals surface area contributed by atoms with Gasteiger partial charge in [0.25, 0.3) is 0 Å². The number of benzene rings is 3. The lowest BCUT2D eigenvalue weighted by Crippen LogP contribution is -2.00. The van der Waals surface area contributed by atoms with Crippen LogP contribution in [0.5, 0.6) is 11.5 Å². The average Bonchev–Trinajstić information content (AvgIpc) is 3.08. The van der Waals surface area contributed by atoms with Crippen molar-refractivity contribution >= 4 is 23.0 Å². The first-order valence-corrected chi connectivity index (χ1v) is 9.10. The van der Waals surface area contributed by atoms with Crippen LogP contribution in [-0.4, -0.2) is 27.0 Å². The molecule has 0 amide bonds. The maximum atomic E-state index is 10.4. The number of nitrogens with zero attached hydrogens (tertiary/aromatic N) is 2. The predicted octanol–water partition coefficient (Wildman–Crippen LogP) is 5.03. The molecule has 0 spiro atoms. The number of ether oxygens (including phenoxy) is 1. The maximum absolute atomic E-state index is 10.4.